The molecular formula is C127H202N4O4S3. The number of aryl methyl sites for hydroxylation is 3. The van der Waals surface area contributed by atoms with Gasteiger partial charge in [-0.05, 0) is 270 Å². The standard InChI is InChI=1S/C11H16O2S.C11H16.C10H12N2.C10H16.2C10H14.C9H18.C8H16.C8H18.2C7H10O.2C7H10S.C6H10N2.C6H12/c1-10(2)8-9-14(12,13)11-6-4-3-5-7-11;1-9(2)8-11-6-4-10(3)5-7-11;1-7(2)10-11-8-5-3-4-6-9(8)12-10;1-7(2)10-6-8-3-4-9(10)5-8;2*1-8(2)10-6-4-9(3)5-7-10;1-8(2)9-6-4-3-5-7-9;1-8(2,3)7-5-4-6-7;1-5-6-8(4)7(2)3;1-6(2)7-3-4-8-5-7;1-6(2)7-4-3-5-8-7;1-6(2)7-3-4-8-5-7;1-6(2)7-4-3-5-8-7;1-5(2)6-7-3-4-8-6;1-4-5-6(2)3/h3-7,10H,8-9H2,1-2H3;4-7,9H,8H2,1-3H3;3-7H,1-2H3,(H,11,12);3-4,7-10H,5-6H2,1-2H3;2*4-8H,1-3H3;8-9H,3-7H2,1-2H3;7H,4-6H2,1-3H3;7-8H,5-6H2,1-4H3;4*3-6H,1-2H3;3-5H,1-2H3,(H,7,8);4,6H,1,5H2,2-3H3. The first kappa shape index (κ1) is 128. The lowest BCUT2D eigenvalue weighted by Gasteiger charge is -2.37. The van der Waals surface area contributed by atoms with Crippen molar-refractivity contribution < 1.29 is 17.3 Å². The predicted molar refractivity (Wildman–Crippen MR) is 614 cm³/mol. The summed E-state index contributed by atoms with van der Waals surface area (Å²) in [5.41, 5.74) is 13.8. The number of allylic oxidation sites excluding steroid dienone is 3. The number of furan rings is 2. The Bertz CT molecular complexity index is 4450. The third-order valence-electron chi connectivity index (χ3n) is 25.6. The van der Waals surface area contributed by atoms with Gasteiger partial charge in [0.25, 0.3) is 0 Å². The fraction of sp³-hybridized carbons (Fsp3) is 0.575. The Morgan fingerprint density at radius 2 is 1.05 bits per heavy atom. The summed E-state index contributed by atoms with van der Waals surface area (Å²) in [6.45, 7) is 83.2. The third-order valence-corrected chi connectivity index (χ3v) is 29.3. The van der Waals surface area contributed by atoms with E-state index in [9.17, 15) is 8.42 Å². The molecule has 0 amide bonds. The number of thiophene rings is 2. The lowest BCUT2D eigenvalue weighted by atomic mass is 9.69. The molecule has 4 atom stereocenters. The molecule has 0 radical (unpaired) electrons. The molecule has 0 saturated heterocycles. The van der Waals surface area contributed by atoms with Crippen LogP contribution in [0.25, 0.3) is 11.0 Å². The largest absolute Gasteiger partial charge is 0.472 e. The van der Waals surface area contributed by atoms with Crippen molar-refractivity contribution in [3.63, 3.8) is 0 Å². The Balaban J connectivity index is 0.000000742. The van der Waals surface area contributed by atoms with Crippen LogP contribution in [-0.2, 0) is 16.3 Å². The van der Waals surface area contributed by atoms with Crippen molar-refractivity contribution in [2.75, 3.05) is 5.75 Å². The smallest absolute Gasteiger partial charge is 0.178 e. The van der Waals surface area contributed by atoms with Gasteiger partial charge in [-0.2, -0.15) is 11.3 Å². The van der Waals surface area contributed by atoms with Crippen LogP contribution in [-0.4, -0.2) is 34.1 Å². The summed E-state index contributed by atoms with van der Waals surface area (Å²) in [6, 6.07) is 55.3. The summed E-state index contributed by atoms with van der Waals surface area (Å²) < 4.78 is 33.4. The average molecular weight is 1950 g/mol. The fourth-order valence-electron chi connectivity index (χ4n) is 15.3. The molecule has 138 heavy (non-hydrogen) atoms. The normalized spacial score (nSPS) is 14.8. The molecule has 6 heterocycles. The molecule has 6 aromatic heterocycles. The second kappa shape index (κ2) is 72.4. The summed E-state index contributed by atoms with van der Waals surface area (Å²) in [4.78, 5) is 16.7. The van der Waals surface area contributed by atoms with Gasteiger partial charge < -0.3 is 18.8 Å². The molecular weight excluding hydrogens is 1740 g/mol. The molecule has 11 aromatic rings. The third kappa shape index (κ3) is 59.2. The van der Waals surface area contributed by atoms with Gasteiger partial charge in [-0.3, -0.25) is 0 Å². The molecule has 772 valence electrons. The maximum absolute atomic E-state index is 11.7. The zero-order valence-electron chi connectivity index (χ0n) is 94.3. The summed E-state index contributed by atoms with van der Waals surface area (Å²) >= 11 is 3.60. The minimum Gasteiger partial charge on any atom is -0.472 e. The van der Waals surface area contributed by atoms with Crippen LogP contribution in [0.3, 0.4) is 0 Å². The molecule has 0 aliphatic heterocycles. The number of sulfone groups is 1. The van der Waals surface area contributed by atoms with E-state index in [0.29, 0.717) is 63.6 Å². The quantitative estimate of drug-likeness (QED) is 0.0692. The second-order valence-electron chi connectivity index (χ2n) is 44.5. The van der Waals surface area contributed by atoms with Gasteiger partial charge in [0, 0.05) is 35.0 Å². The van der Waals surface area contributed by atoms with Crippen molar-refractivity contribution in [3.05, 3.63) is 303 Å². The number of nitrogens with zero attached hydrogens (tertiary/aromatic N) is 2. The van der Waals surface area contributed by atoms with Crippen molar-refractivity contribution in [2.24, 2.45) is 76.4 Å². The first-order chi connectivity index (χ1) is 65.0. The molecule has 2 N–H and O–H groups in total. The van der Waals surface area contributed by atoms with Crippen LogP contribution in [0.5, 0.6) is 0 Å². The lowest BCUT2D eigenvalue weighted by Crippen LogP contribution is -2.26. The first-order valence-corrected chi connectivity index (χ1v) is 56.8. The van der Waals surface area contributed by atoms with Crippen molar-refractivity contribution >= 4 is 43.5 Å². The Morgan fingerprint density at radius 3 is 1.34 bits per heavy atom. The molecule has 3 fully saturated rings. The highest BCUT2D eigenvalue weighted by Gasteiger charge is 2.37. The van der Waals surface area contributed by atoms with Gasteiger partial charge in [0.15, 0.2) is 9.84 Å². The van der Waals surface area contributed by atoms with Crippen molar-refractivity contribution in [1.82, 2.24) is 19.9 Å². The Kier molecular flexibility index (Phi) is 67.3. The van der Waals surface area contributed by atoms with Crippen LogP contribution >= 0.6 is 22.7 Å². The number of benzene rings is 5. The molecule has 8 nitrogen and oxygen atoms in total. The van der Waals surface area contributed by atoms with E-state index in [-0.39, 0.29) is 5.75 Å². The van der Waals surface area contributed by atoms with E-state index in [0.717, 1.165) is 106 Å². The molecule has 4 unspecified atom stereocenters. The van der Waals surface area contributed by atoms with E-state index in [4.69, 9.17) is 8.83 Å². The fourth-order valence-corrected chi connectivity index (χ4v) is 18.5. The van der Waals surface area contributed by atoms with E-state index in [1.165, 1.54) is 133 Å². The second-order valence-corrected chi connectivity index (χ2v) is 48.3. The number of imidazole rings is 2. The highest BCUT2D eigenvalue weighted by molar-refractivity contribution is 7.91. The molecule has 4 aliphatic carbocycles. The maximum Gasteiger partial charge on any atom is 0.178 e. The highest BCUT2D eigenvalue weighted by Crippen LogP contribution is 2.47. The number of nitrogens with one attached hydrogen (secondary N) is 2. The van der Waals surface area contributed by atoms with Crippen LogP contribution in [0.2, 0.25) is 0 Å². The van der Waals surface area contributed by atoms with Crippen LogP contribution < -0.4 is 0 Å². The molecule has 2 bridgehead atoms. The lowest BCUT2D eigenvalue weighted by molar-refractivity contribution is 0.141. The minimum absolute atomic E-state index is 0.245. The monoisotopic (exact) mass is 1940 g/mol. The molecule has 0 spiro atoms. The number of hydrogen-bond donors (Lipinski definition) is 2. The Labute approximate surface area is 857 Å². The van der Waals surface area contributed by atoms with E-state index >= 15 is 0 Å². The first-order valence-electron chi connectivity index (χ1n) is 53.3. The SMILES string of the molecule is C=CCC(C)C.CC(C)(C)C1CCC1.CC(C)C1CC2C=CC1C2.CC(C)C1CCCCC1.CC(C)CCS(=O)(=O)c1ccccc1.CC(C)c1ccco1.CC(C)c1cccs1.CC(C)c1ccoc1.CC(C)c1ccsc1.CC(C)c1nc2ccccc2[nH]1.CC(C)c1ncc[nH]1.CCCC(C)C(C)C.Cc1ccc(C(C)C)cc1.Cc1ccc(C(C)C)cc1.Cc1ccc(CC(C)C)cc1. The summed E-state index contributed by atoms with van der Waals surface area (Å²) in [7, 11) is -3.06. The summed E-state index contributed by atoms with van der Waals surface area (Å²) in [5, 5.41) is 6.44. The van der Waals surface area contributed by atoms with Gasteiger partial charge in [0.05, 0.1) is 40.5 Å². The van der Waals surface area contributed by atoms with Crippen molar-refractivity contribution in [3.8, 4) is 0 Å². The van der Waals surface area contributed by atoms with Crippen molar-refractivity contribution in [2.45, 2.75) is 398 Å². The molecule has 11 heteroatoms. The number of fused-ring (bicyclic) bond motifs is 3. The number of para-hydroxylation sites is 2. The van der Waals surface area contributed by atoms with E-state index in [1.807, 2.05) is 86.0 Å². The molecule has 5 aromatic carbocycles. The predicted octanol–water partition coefficient (Wildman–Crippen LogP) is 40.9. The van der Waals surface area contributed by atoms with Crippen LogP contribution in [0.4, 0.5) is 0 Å². The summed E-state index contributed by atoms with van der Waals surface area (Å²) in [5.74, 6) is 18.8. The van der Waals surface area contributed by atoms with Crippen LogP contribution in [0.15, 0.2) is 250 Å². The van der Waals surface area contributed by atoms with E-state index in [2.05, 4.69) is 381 Å². The van der Waals surface area contributed by atoms with Gasteiger partial charge >= 0.3 is 0 Å². The van der Waals surface area contributed by atoms with Gasteiger partial charge in [-0.1, -0.05) is 424 Å². The van der Waals surface area contributed by atoms with E-state index in [1.54, 1.807) is 60.6 Å². The Morgan fingerprint density at radius 1 is 0.500 bits per heavy atom. The molecule has 4 aliphatic rings. The van der Waals surface area contributed by atoms with Gasteiger partial charge in [0.2, 0.25) is 0 Å². The maximum atomic E-state index is 11.7. The molecule has 3 saturated carbocycles. The van der Waals surface area contributed by atoms with Gasteiger partial charge in [0.1, 0.15) is 17.4 Å². The molecule has 15 rings (SSSR count). The number of aromatic amines is 2. The van der Waals surface area contributed by atoms with Crippen LogP contribution in [0, 0.1) is 97.2 Å². The summed E-state index contributed by atoms with van der Waals surface area (Å²) in [6.07, 6.45) is 36.2. The van der Waals surface area contributed by atoms with Gasteiger partial charge in [-0.15, -0.1) is 17.9 Å². The number of aromatic nitrogens is 4. The average Bonchev–Trinajstić information content (AvgIpc) is 1.67. The Hall–Kier alpha value is -7.83. The topological polar surface area (TPSA) is 118 Å². The zero-order chi connectivity index (χ0) is 104. The number of H-pyrrole nitrogens is 2. The van der Waals surface area contributed by atoms with Gasteiger partial charge in [-0.25, -0.2) is 18.4 Å². The highest BCUT2D eigenvalue weighted by atomic mass is 32.2. The van der Waals surface area contributed by atoms with Crippen LogP contribution in [0.1, 0.15) is 433 Å². The van der Waals surface area contributed by atoms with E-state index < -0.39 is 9.84 Å². The number of hydrogen-bond acceptors (Lipinski definition) is 8. The zero-order valence-corrected chi connectivity index (χ0v) is 96.7. The number of rotatable bonds is 21. The minimum atomic E-state index is -3.06. The van der Waals surface area contributed by atoms with Crippen molar-refractivity contribution in [1.29, 1.82) is 0 Å².